The first-order chi connectivity index (χ1) is 8.77. The zero-order valence-electron chi connectivity index (χ0n) is 12.3. The van der Waals surface area contributed by atoms with Gasteiger partial charge in [-0.25, -0.2) is 0 Å². The maximum Gasteiger partial charge on any atom is 0.101 e. The third-order valence-electron chi connectivity index (χ3n) is 4.00. The lowest BCUT2D eigenvalue weighted by Gasteiger charge is -2.50. The van der Waals surface area contributed by atoms with E-state index in [9.17, 15) is 0 Å². The molecule has 0 aromatic heterocycles. The standard InChI is InChI=1S/C16H21ClN2/c1-10(2)19-15-7-14(17)12(9-18)6-13(15)11(3)8-16(19,4)5/h6-7,10-11H,8H2,1-5H3/t11-/m0/s1. The van der Waals surface area contributed by atoms with Crippen LogP contribution >= 0.6 is 11.6 Å². The molecule has 0 saturated heterocycles. The molecule has 0 spiro atoms. The molecule has 1 aliphatic rings. The van der Waals surface area contributed by atoms with Gasteiger partial charge in [-0.15, -0.1) is 0 Å². The minimum Gasteiger partial charge on any atom is -0.364 e. The van der Waals surface area contributed by atoms with E-state index in [-0.39, 0.29) is 5.54 Å². The Bertz CT molecular complexity index is 540. The van der Waals surface area contributed by atoms with E-state index in [1.54, 1.807) is 0 Å². The van der Waals surface area contributed by atoms with Crippen molar-refractivity contribution in [3.8, 4) is 6.07 Å². The Morgan fingerprint density at radius 1 is 1.42 bits per heavy atom. The SMILES string of the molecule is CC(C)N1c2cc(Cl)c(C#N)cc2[C@@H](C)CC1(C)C. The topological polar surface area (TPSA) is 27.0 Å². The number of hydrogen-bond donors (Lipinski definition) is 0. The predicted octanol–water partition coefficient (Wildman–Crippen LogP) is 4.71. The van der Waals surface area contributed by atoms with Crippen molar-refractivity contribution >= 4 is 17.3 Å². The van der Waals surface area contributed by atoms with Gasteiger partial charge in [-0.3, -0.25) is 0 Å². The fraction of sp³-hybridized carbons (Fsp3) is 0.562. The zero-order chi connectivity index (χ0) is 14.4. The van der Waals surface area contributed by atoms with Gasteiger partial charge in [0.1, 0.15) is 6.07 Å². The van der Waals surface area contributed by atoms with Crippen molar-refractivity contribution in [2.45, 2.75) is 58.5 Å². The lowest BCUT2D eigenvalue weighted by molar-refractivity contribution is 0.356. The van der Waals surface area contributed by atoms with Crippen LogP contribution in [-0.4, -0.2) is 11.6 Å². The van der Waals surface area contributed by atoms with Gasteiger partial charge >= 0.3 is 0 Å². The van der Waals surface area contributed by atoms with E-state index in [0.717, 1.165) is 6.42 Å². The van der Waals surface area contributed by atoms with E-state index in [1.807, 2.05) is 12.1 Å². The molecule has 0 N–H and O–H groups in total. The second kappa shape index (κ2) is 4.72. The second-order valence-corrected chi connectivity index (χ2v) is 6.79. The Balaban J connectivity index is 2.67. The summed E-state index contributed by atoms with van der Waals surface area (Å²) in [6, 6.07) is 6.52. The second-order valence-electron chi connectivity index (χ2n) is 6.38. The summed E-state index contributed by atoms with van der Waals surface area (Å²) in [6.45, 7) is 11.2. The Morgan fingerprint density at radius 2 is 2.05 bits per heavy atom. The van der Waals surface area contributed by atoms with Gasteiger partial charge in [0.2, 0.25) is 0 Å². The van der Waals surface area contributed by atoms with Crippen LogP contribution in [0.3, 0.4) is 0 Å². The number of nitriles is 1. The molecular formula is C16H21ClN2. The van der Waals surface area contributed by atoms with Gasteiger partial charge in [0.05, 0.1) is 10.6 Å². The first kappa shape index (κ1) is 14.2. The molecule has 0 fully saturated rings. The summed E-state index contributed by atoms with van der Waals surface area (Å²) < 4.78 is 0. The van der Waals surface area contributed by atoms with E-state index < -0.39 is 0 Å². The van der Waals surface area contributed by atoms with Gasteiger partial charge in [0.25, 0.3) is 0 Å². The Hall–Kier alpha value is -1.20. The maximum atomic E-state index is 9.14. The fourth-order valence-corrected chi connectivity index (χ4v) is 3.73. The molecule has 3 heteroatoms. The average Bonchev–Trinajstić information content (AvgIpc) is 2.26. The molecule has 2 nitrogen and oxygen atoms in total. The molecule has 0 aliphatic carbocycles. The summed E-state index contributed by atoms with van der Waals surface area (Å²) >= 11 is 6.22. The average molecular weight is 277 g/mol. The molecule has 0 amide bonds. The highest BCUT2D eigenvalue weighted by atomic mass is 35.5. The molecule has 0 bridgehead atoms. The Labute approximate surface area is 121 Å². The zero-order valence-corrected chi connectivity index (χ0v) is 13.0. The van der Waals surface area contributed by atoms with Gasteiger partial charge < -0.3 is 4.90 Å². The Morgan fingerprint density at radius 3 is 2.58 bits per heavy atom. The first-order valence-corrected chi connectivity index (χ1v) is 7.18. The number of halogens is 1. The molecule has 102 valence electrons. The predicted molar refractivity (Wildman–Crippen MR) is 80.9 cm³/mol. The third-order valence-corrected chi connectivity index (χ3v) is 4.31. The van der Waals surface area contributed by atoms with Crippen LogP contribution < -0.4 is 4.90 Å². The third kappa shape index (κ3) is 2.32. The number of nitrogens with zero attached hydrogens (tertiary/aromatic N) is 2. The van der Waals surface area contributed by atoms with Crippen LogP contribution in [0, 0.1) is 11.3 Å². The van der Waals surface area contributed by atoms with Crippen molar-refractivity contribution in [1.29, 1.82) is 5.26 Å². The van der Waals surface area contributed by atoms with Gasteiger partial charge in [0.15, 0.2) is 0 Å². The quantitative estimate of drug-likeness (QED) is 0.742. The Kier molecular flexibility index (Phi) is 3.53. The lowest BCUT2D eigenvalue weighted by atomic mass is 9.79. The molecule has 1 aromatic carbocycles. The minimum absolute atomic E-state index is 0.109. The highest BCUT2D eigenvalue weighted by Crippen LogP contribution is 2.45. The number of hydrogen-bond acceptors (Lipinski definition) is 2. The molecule has 1 aromatic rings. The van der Waals surface area contributed by atoms with Crippen LogP contribution in [0.4, 0.5) is 5.69 Å². The minimum atomic E-state index is 0.109. The van der Waals surface area contributed by atoms with Gasteiger partial charge in [-0.05, 0) is 57.7 Å². The molecule has 2 rings (SSSR count). The smallest absolute Gasteiger partial charge is 0.101 e. The summed E-state index contributed by atoms with van der Waals surface area (Å²) in [6.07, 6.45) is 1.09. The number of rotatable bonds is 1. The van der Waals surface area contributed by atoms with Crippen molar-refractivity contribution < 1.29 is 0 Å². The monoisotopic (exact) mass is 276 g/mol. The van der Waals surface area contributed by atoms with Gasteiger partial charge in [-0.1, -0.05) is 18.5 Å². The van der Waals surface area contributed by atoms with Crippen LogP contribution in [-0.2, 0) is 0 Å². The molecule has 1 aliphatic heterocycles. The summed E-state index contributed by atoms with van der Waals surface area (Å²) in [5, 5.41) is 9.69. The van der Waals surface area contributed by atoms with E-state index in [4.69, 9.17) is 16.9 Å². The molecule has 19 heavy (non-hydrogen) atoms. The van der Waals surface area contributed by atoms with Gasteiger partial charge in [-0.2, -0.15) is 5.26 Å². The molecule has 0 unspecified atom stereocenters. The molecule has 0 radical (unpaired) electrons. The summed E-state index contributed by atoms with van der Waals surface area (Å²) in [4.78, 5) is 2.43. The van der Waals surface area contributed by atoms with E-state index in [0.29, 0.717) is 22.5 Å². The van der Waals surface area contributed by atoms with E-state index >= 15 is 0 Å². The van der Waals surface area contributed by atoms with Crippen LogP contribution in [0.15, 0.2) is 12.1 Å². The van der Waals surface area contributed by atoms with Crippen LogP contribution in [0.1, 0.15) is 58.1 Å². The van der Waals surface area contributed by atoms with Crippen molar-refractivity contribution in [3.63, 3.8) is 0 Å². The lowest BCUT2D eigenvalue weighted by Crippen LogP contribution is -2.51. The van der Waals surface area contributed by atoms with E-state index in [2.05, 4.69) is 45.6 Å². The highest BCUT2D eigenvalue weighted by Gasteiger charge is 2.38. The van der Waals surface area contributed by atoms with E-state index in [1.165, 1.54) is 11.3 Å². The van der Waals surface area contributed by atoms with Crippen molar-refractivity contribution in [3.05, 3.63) is 28.3 Å². The molecule has 1 atom stereocenters. The maximum absolute atomic E-state index is 9.14. The number of benzene rings is 1. The summed E-state index contributed by atoms with van der Waals surface area (Å²) in [7, 11) is 0. The molecular weight excluding hydrogens is 256 g/mol. The number of anilines is 1. The summed E-state index contributed by atoms with van der Waals surface area (Å²) in [5.74, 6) is 0.448. The van der Waals surface area contributed by atoms with Crippen molar-refractivity contribution in [2.24, 2.45) is 0 Å². The fourth-order valence-electron chi connectivity index (χ4n) is 3.53. The van der Waals surface area contributed by atoms with Crippen LogP contribution in [0.2, 0.25) is 5.02 Å². The highest BCUT2D eigenvalue weighted by molar-refractivity contribution is 6.32. The molecule has 0 saturated carbocycles. The van der Waals surface area contributed by atoms with Crippen molar-refractivity contribution in [1.82, 2.24) is 0 Å². The summed E-state index contributed by atoms with van der Waals surface area (Å²) in [5.41, 5.74) is 3.12. The molecule has 1 heterocycles. The largest absolute Gasteiger partial charge is 0.364 e. The first-order valence-electron chi connectivity index (χ1n) is 6.81. The number of fused-ring (bicyclic) bond motifs is 1. The van der Waals surface area contributed by atoms with Crippen LogP contribution in [0.25, 0.3) is 0 Å². The van der Waals surface area contributed by atoms with Crippen molar-refractivity contribution in [2.75, 3.05) is 4.90 Å². The van der Waals surface area contributed by atoms with Gasteiger partial charge in [0, 0.05) is 17.3 Å². The normalized spacial score (nSPS) is 21.2. The van der Waals surface area contributed by atoms with Crippen LogP contribution in [0.5, 0.6) is 0 Å².